The average molecular weight is 548 g/mol. The van der Waals surface area contributed by atoms with Gasteiger partial charge in [0, 0.05) is 34.9 Å². The Morgan fingerprint density at radius 3 is 2.51 bits per heavy atom. The molecule has 0 aliphatic carbocycles. The number of H-pyrrole nitrogens is 1. The molecule has 39 heavy (non-hydrogen) atoms. The molecule has 1 atom stereocenters. The van der Waals surface area contributed by atoms with Crippen LogP contribution >= 0.6 is 11.6 Å². The number of methoxy groups -OCH3 is 1. The van der Waals surface area contributed by atoms with Crippen LogP contribution < -0.4 is 15.0 Å². The number of hydrogen-bond donors (Lipinski definition) is 2. The molecule has 9 heteroatoms. The van der Waals surface area contributed by atoms with Gasteiger partial charge in [-0.25, -0.2) is 4.79 Å². The van der Waals surface area contributed by atoms with Crippen molar-refractivity contribution >= 4 is 46.0 Å². The molecule has 0 aliphatic rings. The van der Waals surface area contributed by atoms with E-state index >= 15 is 0 Å². The number of halogens is 1. The van der Waals surface area contributed by atoms with E-state index in [9.17, 15) is 14.4 Å². The molecular formula is C30H30ClN3O5. The predicted octanol–water partition coefficient (Wildman–Crippen LogP) is 5.03. The zero-order valence-corrected chi connectivity index (χ0v) is 22.5. The number of alkyl halides is 1. The van der Waals surface area contributed by atoms with Crippen molar-refractivity contribution in [2.45, 2.75) is 19.4 Å². The quantitative estimate of drug-likeness (QED) is 0.203. The average Bonchev–Trinajstić information content (AvgIpc) is 3.39. The van der Waals surface area contributed by atoms with E-state index in [4.69, 9.17) is 21.1 Å². The van der Waals surface area contributed by atoms with Crippen LogP contribution in [0.3, 0.4) is 0 Å². The molecule has 1 heterocycles. The number of hydrogen-bond acceptors (Lipinski definition) is 5. The van der Waals surface area contributed by atoms with Crippen molar-refractivity contribution in [1.29, 1.82) is 0 Å². The van der Waals surface area contributed by atoms with Crippen LogP contribution in [0.15, 0.2) is 79.0 Å². The molecule has 0 fully saturated rings. The first kappa shape index (κ1) is 27.7. The fourth-order valence-electron chi connectivity index (χ4n) is 4.45. The lowest BCUT2D eigenvalue weighted by Gasteiger charge is -2.31. The number of aromatic nitrogens is 1. The van der Waals surface area contributed by atoms with E-state index in [0.717, 1.165) is 22.2 Å². The largest absolute Gasteiger partial charge is 0.497 e. The number of benzene rings is 3. The summed E-state index contributed by atoms with van der Waals surface area (Å²) >= 11 is 6.04. The van der Waals surface area contributed by atoms with Crippen LogP contribution in [0.1, 0.15) is 34.5 Å². The molecule has 2 amide bonds. The highest BCUT2D eigenvalue weighted by Gasteiger charge is 2.34. The van der Waals surface area contributed by atoms with E-state index in [0.29, 0.717) is 29.8 Å². The maximum Gasteiger partial charge on any atom is 0.338 e. The molecule has 202 valence electrons. The molecule has 0 radical (unpaired) electrons. The normalized spacial score (nSPS) is 11.6. The van der Waals surface area contributed by atoms with Crippen molar-refractivity contribution in [2.75, 3.05) is 31.0 Å². The Balaban J connectivity index is 1.68. The minimum Gasteiger partial charge on any atom is -0.497 e. The van der Waals surface area contributed by atoms with E-state index in [1.54, 1.807) is 44.5 Å². The van der Waals surface area contributed by atoms with Gasteiger partial charge in [0.1, 0.15) is 17.7 Å². The Bertz CT molecular complexity index is 1450. The number of amides is 2. The molecule has 3 aromatic carbocycles. The minimum atomic E-state index is -1.02. The molecule has 0 bridgehead atoms. The molecule has 0 aliphatic heterocycles. The number of nitrogens with zero attached hydrogens (tertiary/aromatic N) is 1. The van der Waals surface area contributed by atoms with Crippen LogP contribution in [-0.2, 0) is 20.7 Å². The molecule has 1 aromatic heterocycles. The van der Waals surface area contributed by atoms with Gasteiger partial charge in [0.05, 0.1) is 19.3 Å². The van der Waals surface area contributed by atoms with Gasteiger partial charge in [-0.15, -0.1) is 11.6 Å². The molecule has 0 saturated carbocycles. The number of nitrogens with one attached hydrogen (secondary N) is 2. The van der Waals surface area contributed by atoms with Crippen molar-refractivity contribution in [3.8, 4) is 5.75 Å². The van der Waals surface area contributed by atoms with Crippen LogP contribution in [-0.4, -0.2) is 48.9 Å². The fourth-order valence-corrected chi connectivity index (χ4v) is 4.58. The number of ether oxygens (including phenoxy) is 2. The molecule has 0 saturated heterocycles. The number of carbonyl (C=O) groups excluding carboxylic acids is 3. The standard InChI is InChI=1S/C30H30ClN3O5/c1-3-39-30(37)21-11-13-22(14-12-21)34(27(35)18-31)28(25-19-33-26-10-5-4-9-24(25)26)29(36)32-16-15-20-7-6-8-23(17-20)38-2/h4-14,17,19,28,33H,3,15-16,18H2,1-2H3,(H,32,36). The number of fused-ring (bicyclic) bond motifs is 1. The highest BCUT2D eigenvalue weighted by atomic mass is 35.5. The van der Waals surface area contributed by atoms with Gasteiger partial charge < -0.3 is 19.8 Å². The topological polar surface area (TPSA) is 101 Å². The summed E-state index contributed by atoms with van der Waals surface area (Å²) in [4.78, 5) is 43.8. The van der Waals surface area contributed by atoms with Crippen LogP contribution in [0.4, 0.5) is 5.69 Å². The van der Waals surface area contributed by atoms with Gasteiger partial charge in [-0.2, -0.15) is 0 Å². The molecule has 1 unspecified atom stereocenters. The first-order valence-electron chi connectivity index (χ1n) is 12.6. The number of aromatic amines is 1. The van der Waals surface area contributed by atoms with Gasteiger partial charge in [0.25, 0.3) is 0 Å². The molecule has 4 aromatic rings. The molecule has 0 spiro atoms. The van der Waals surface area contributed by atoms with Crippen LogP contribution in [0, 0.1) is 0 Å². The number of anilines is 1. The van der Waals surface area contributed by atoms with E-state index in [1.807, 2.05) is 48.5 Å². The van der Waals surface area contributed by atoms with E-state index < -0.39 is 17.9 Å². The summed E-state index contributed by atoms with van der Waals surface area (Å²) in [6, 6.07) is 20.5. The van der Waals surface area contributed by atoms with Crippen molar-refractivity contribution in [3.05, 3.63) is 95.7 Å². The van der Waals surface area contributed by atoms with Crippen LogP contribution in [0.5, 0.6) is 5.75 Å². The molecular weight excluding hydrogens is 518 g/mol. The van der Waals surface area contributed by atoms with Crippen molar-refractivity contribution in [1.82, 2.24) is 10.3 Å². The number of rotatable bonds is 11. The maximum absolute atomic E-state index is 13.8. The number of carbonyl (C=O) groups is 3. The van der Waals surface area contributed by atoms with Gasteiger partial charge in [-0.05, 0) is 61.4 Å². The lowest BCUT2D eigenvalue weighted by molar-refractivity contribution is -0.125. The summed E-state index contributed by atoms with van der Waals surface area (Å²) in [6.45, 7) is 2.32. The van der Waals surface area contributed by atoms with Gasteiger partial charge in [-0.1, -0.05) is 30.3 Å². The minimum absolute atomic E-state index is 0.246. The molecule has 4 rings (SSSR count). The Morgan fingerprint density at radius 2 is 1.79 bits per heavy atom. The van der Waals surface area contributed by atoms with Gasteiger partial charge in [0.2, 0.25) is 11.8 Å². The Kier molecular flexibility index (Phi) is 9.22. The lowest BCUT2D eigenvalue weighted by Crippen LogP contribution is -2.45. The third kappa shape index (κ3) is 6.41. The molecule has 2 N–H and O–H groups in total. The summed E-state index contributed by atoms with van der Waals surface area (Å²) in [7, 11) is 1.61. The highest BCUT2D eigenvalue weighted by Crippen LogP contribution is 2.33. The highest BCUT2D eigenvalue weighted by molar-refractivity contribution is 6.30. The second-order valence-corrected chi connectivity index (χ2v) is 9.02. The second kappa shape index (κ2) is 13.0. The predicted molar refractivity (Wildman–Crippen MR) is 151 cm³/mol. The summed E-state index contributed by atoms with van der Waals surface area (Å²) in [5, 5.41) is 3.80. The first-order chi connectivity index (χ1) is 19.0. The summed E-state index contributed by atoms with van der Waals surface area (Å²) < 4.78 is 10.4. The Labute approximate surface area is 231 Å². The van der Waals surface area contributed by atoms with Crippen molar-refractivity contribution in [2.24, 2.45) is 0 Å². The smallest absolute Gasteiger partial charge is 0.338 e. The van der Waals surface area contributed by atoms with Gasteiger partial charge in [-0.3, -0.25) is 14.5 Å². The zero-order chi connectivity index (χ0) is 27.8. The Hall–Kier alpha value is -4.30. The maximum atomic E-state index is 13.8. The lowest BCUT2D eigenvalue weighted by atomic mass is 10.0. The van der Waals surface area contributed by atoms with E-state index in [1.165, 1.54) is 4.90 Å². The zero-order valence-electron chi connectivity index (χ0n) is 21.8. The first-order valence-corrected chi connectivity index (χ1v) is 13.1. The molecule has 8 nitrogen and oxygen atoms in total. The summed E-state index contributed by atoms with van der Waals surface area (Å²) in [5.41, 5.74) is 3.22. The van der Waals surface area contributed by atoms with Crippen LogP contribution in [0.25, 0.3) is 10.9 Å². The third-order valence-electron chi connectivity index (χ3n) is 6.31. The van der Waals surface area contributed by atoms with Crippen molar-refractivity contribution < 1.29 is 23.9 Å². The number of esters is 1. The van der Waals surface area contributed by atoms with Gasteiger partial charge >= 0.3 is 5.97 Å². The Morgan fingerprint density at radius 1 is 1.03 bits per heavy atom. The van der Waals surface area contributed by atoms with Crippen molar-refractivity contribution in [3.63, 3.8) is 0 Å². The van der Waals surface area contributed by atoms with Gasteiger partial charge in [0.15, 0.2) is 0 Å². The third-order valence-corrected chi connectivity index (χ3v) is 6.54. The van der Waals surface area contributed by atoms with Crippen LogP contribution in [0.2, 0.25) is 0 Å². The fraction of sp³-hybridized carbons (Fsp3) is 0.233. The second-order valence-electron chi connectivity index (χ2n) is 8.75. The monoisotopic (exact) mass is 547 g/mol. The SMILES string of the molecule is CCOC(=O)c1ccc(N(C(=O)CCl)C(C(=O)NCCc2cccc(OC)c2)c2c[nH]c3ccccc23)cc1. The summed E-state index contributed by atoms with van der Waals surface area (Å²) in [5.74, 6) is -0.895. The summed E-state index contributed by atoms with van der Waals surface area (Å²) in [6.07, 6.45) is 2.31. The van der Waals surface area contributed by atoms with E-state index in [2.05, 4.69) is 10.3 Å². The number of para-hydroxylation sites is 1. The van der Waals surface area contributed by atoms with E-state index in [-0.39, 0.29) is 18.4 Å².